The van der Waals surface area contributed by atoms with Crippen LogP contribution in [0.5, 0.6) is 11.5 Å². The summed E-state index contributed by atoms with van der Waals surface area (Å²) in [6, 6.07) is 10.7. The molecule has 0 aliphatic carbocycles. The molecule has 2 aromatic rings. The molecule has 0 fully saturated rings. The van der Waals surface area contributed by atoms with Crippen LogP contribution in [-0.4, -0.2) is 29.5 Å². The van der Waals surface area contributed by atoms with E-state index in [1.54, 1.807) is 24.3 Å². The van der Waals surface area contributed by atoms with Gasteiger partial charge in [0.25, 0.3) is 0 Å². The van der Waals surface area contributed by atoms with Crippen LogP contribution in [0, 0.1) is 0 Å². The first-order valence-electron chi connectivity index (χ1n) is 6.78. The summed E-state index contributed by atoms with van der Waals surface area (Å²) in [7, 11) is 1.50. The molecular formula is C16H14N3O4S-. The summed E-state index contributed by atoms with van der Waals surface area (Å²) in [5.41, 5.74) is 3.55. The smallest absolute Gasteiger partial charge is 0.335 e. The lowest BCUT2D eigenvalue weighted by molar-refractivity contribution is -0.268. The van der Waals surface area contributed by atoms with Crippen LogP contribution in [0.4, 0.5) is 5.69 Å². The third-order valence-corrected chi connectivity index (χ3v) is 3.15. The van der Waals surface area contributed by atoms with Gasteiger partial charge in [0.2, 0.25) is 0 Å². The predicted molar refractivity (Wildman–Crippen MR) is 92.8 cm³/mol. The quantitative estimate of drug-likeness (QED) is 0.431. The SMILES string of the molecule is COc1ccc([O-])c(C=NNC(=S)Nc2cccc(C(=O)O)c2)c1. The van der Waals surface area contributed by atoms with E-state index in [-0.39, 0.29) is 16.4 Å². The lowest BCUT2D eigenvalue weighted by Gasteiger charge is -2.11. The predicted octanol–water partition coefficient (Wildman–Crippen LogP) is 1.79. The molecule has 0 heterocycles. The summed E-state index contributed by atoms with van der Waals surface area (Å²) >= 11 is 5.06. The average molecular weight is 344 g/mol. The van der Waals surface area contributed by atoms with E-state index in [0.717, 1.165) is 0 Å². The number of carboxylic acid groups (broad SMARTS) is 1. The maximum Gasteiger partial charge on any atom is 0.335 e. The van der Waals surface area contributed by atoms with E-state index < -0.39 is 5.97 Å². The number of hydrogen-bond donors (Lipinski definition) is 3. The molecule has 0 saturated carbocycles. The van der Waals surface area contributed by atoms with Crippen LogP contribution < -0.4 is 20.6 Å². The van der Waals surface area contributed by atoms with Crippen LogP contribution in [0.3, 0.4) is 0 Å². The first-order valence-corrected chi connectivity index (χ1v) is 7.19. The Hall–Kier alpha value is -3.13. The zero-order valence-electron chi connectivity index (χ0n) is 12.6. The highest BCUT2D eigenvalue weighted by Crippen LogP contribution is 2.18. The fourth-order valence-corrected chi connectivity index (χ4v) is 1.97. The lowest BCUT2D eigenvalue weighted by atomic mass is 10.2. The molecule has 3 N–H and O–H groups in total. The van der Waals surface area contributed by atoms with E-state index in [9.17, 15) is 9.90 Å². The van der Waals surface area contributed by atoms with Crippen LogP contribution in [0.15, 0.2) is 47.6 Å². The summed E-state index contributed by atoms with van der Waals surface area (Å²) in [4.78, 5) is 10.9. The Kier molecular flexibility index (Phi) is 5.69. The summed E-state index contributed by atoms with van der Waals surface area (Å²) in [6.07, 6.45) is 1.33. The molecule has 0 aliphatic rings. The van der Waals surface area contributed by atoms with Crippen LogP contribution >= 0.6 is 12.2 Å². The number of nitrogens with one attached hydrogen (secondary N) is 2. The van der Waals surface area contributed by atoms with Gasteiger partial charge in [-0.15, -0.1) is 0 Å². The fraction of sp³-hybridized carbons (Fsp3) is 0.0625. The van der Waals surface area contributed by atoms with E-state index in [4.69, 9.17) is 22.1 Å². The number of nitrogens with zero attached hydrogens (tertiary/aromatic N) is 1. The van der Waals surface area contributed by atoms with Gasteiger partial charge in [0.15, 0.2) is 5.11 Å². The third kappa shape index (κ3) is 4.68. The van der Waals surface area contributed by atoms with Gasteiger partial charge in [0.1, 0.15) is 5.75 Å². The Bertz CT molecular complexity index is 793. The largest absolute Gasteiger partial charge is 0.872 e. The van der Waals surface area contributed by atoms with Crippen molar-refractivity contribution in [2.75, 3.05) is 12.4 Å². The number of ether oxygens (including phenoxy) is 1. The monoisotopic (exact) mass is 344 g/mol. The van der Waals surface area contributed by atoms with Crippen molar-refractivity contribution in [2.45, 2.75) is 0 Å². The Morgan fingerprint density at radius 1 is 1.33 bits per heavy atom. The number of carbonyl (C=O) groups is 1. The lowest BCUT2D eigenvalue weighted by Crippen LogP contribution is -2.24. The molecule has 0 bridgehead atoms. The van der Waals surface area contributed by atoms with Gasteiger partial charge >= 0.3 is 5.97 Å². The highest BCUT2D eigenvalue weighted by Gasteiger charge is 2.03. The molecule has 8 heteroatoms. The van der Waals surface area contributed by atoms with Crippen LogP contribution in [-0.2, 0) is 0 Å². The van der Waals surface area contributed by atoms with Crippen molar-refractivity contribution in [2.24, 2.45) is 5.10 Å². The molecule has 124 valence electrons. The Labute approximate surface area is 143 Å². The van der Waals surface area contributed by atoms with Crippen molar-refractivity contribution in [3.63, 3.8) is 0 Å². The van der Waals surface area contributed by atoms with Crippen LogP contribution in [0.25, 0.3) is 0 Å². The second-order valence-corrected chi connectivity index (χ2v) is 5.02. The standard InChI is InChI=1S/C16H15N3O4S/c1-23-13-5-6-14(20)11(8-13)9-17-19-16(24)18-12-4-2-3-10(7-12)15(21)22/h2-9,20H,1H3,(H,21,22)(H2,18,19,24)/p-1. The van der Waals surface area contributed by atoms with E-state index in [2.05, 4.69) is 15.8 Å². The number of anilines is 1. The number of benzene rings is 2. The van der Waals surface area contributed by atoms with Crippen molar-refractivity contribution in [1.29, 1.82) is 0 Å². The fourth-order valence-electron chi connectivity index (χ4n) is 1.80. The van der Waals surface area contributed by atoms with E-state index in [0.29, 0.717) is 17.0 Å². The minimum absolute atomic E-state index is 0.138. The van der Waals surface area contributed by atoms with Crippen molar-refractivity contribution < 1.29 is 19.7 Å². The molecule has 2 aromatic carbocycles. The molecule has 0 atom stereocenters. The first kappa shape index (κ1) is 17.2. The molecular weight excluding hydrogens is 330 g/mol. The molecule has 2 rings (SSSR count). The molecule has 0 amide bonds. The second-order valence-electron chi connectivity index (χ2n) is 4.61. The zero-order chi connectivity index (χ0) is 17.5. The Balaban J connectivity index is 1.98. The van der Waals surface area contributed by atoms with Gasteiger partial charge in [-0.1, -0.05) is 17.9 Å². The van der Waals surface area contributed by atoms with Gasteiger partial charge in [-0.2, -0.15) is 5.10 Å². The number of methoxy groups -OCH3 is 1. The molecule has 0 unspecified atom stereocenters. The summed E-state index contributed by atoms with van der Waals surface area (Å²) in [5, 5.41) is 27.5. The van der Waals surface area contributed by atoms with Crippen molar-refractivity contribution >= 4 is 35.2 Å². The average Bonchev–Trinajstić information content (AvgIpc) is 2.56. The normalized spacial score (nSPS) is 10.4. The number of carboxylic acids is 1. The second kappa shape index (κ2) is 7.93. The Morgan fingerprint density at radius 2 is 2.12 bits per heavy atom. The minimum Gasteiger partial charge on any atom is -0.872 e. The van der Waals surface area contributed by atoms with Crippen molar-refractivity contribution in [3.05, 3.63) is 53.6 Å². The van der Waals surface area contributed by atoms with Gasteiger partial charge in [-0.05, 0) is 48.1 Å². The van der Waals surface area contributed by atoms with Gasteiger partial charge in [0, 0.05) is 5.69 Å². The molecule has 7 nitrogen and oxygen atoms in total. The molecule has 0 aromatic heterocycles. The minimum atomic E-state index is -1.03. The maximum atomic E-state index is 11.7. The van der Waals surface area contributed by atoms with Gasteiger partial charge in [0.05, 0.1) is 18.9 Å². The van der Waals surface area contributed by atoms with E-state index >= 15 is 0 Å². The number of thiocarbonyl (C=S) groups is 1. The third-order valence-electron chi connectivity index (χ3n) is 2.95. The molecule has 0 radical (unpaired) electrons. The molecule has 0 spiro atoms. The summed E-state index contributed by atoms with van der Waals surface area (Å²) in [6.45, 7) is 0. The summed E-state index contributed by atoms with van der Waals surface area (Å²) in [5.74, 6) is -0.687. The van der Waals surface area contributed by atoms with Gasteiger partial charge < -0.3 is 20.3 Å². The van der Waals surface area contributed by atoms with E-state index in [1.165, 1.54) is 31.5 Å². The van der Waals surface area contributed by atoms with Crippen molar-refractivity contribution in [3.8, 4) is 11.5 Å². The Morgan fingerprint density at radius 3 is 2.83 bits per heavy atom. The molecule has 0 aliphatic heterocycles. The first-order chi connectivity index (χ1) is 11.5. The maximum absolute atomic E-state index is 11.7. The topological polar surface area (TPSA) is 106 Å². The molecule has 24 heavy (non-hydrogen) atoms. The zero-order valence-corrected chi connectivity index (χ0v) is 13.5. The van der Waals surface area contributed by atoms with Crippen LogP contribution in [0.1, 0.15) is 15.9 Å². The van der Waals surface area contributed by atoms with E-state index in [1.807, 2.05) is 0 Å². The van der Waals surface area contributed by atoms with Crippen LogP contribution in [0.2, 0.25) is 0 Å². The number of rotatable bonds is 5. The highest BCUT2D eigenvalue weighted by molar-refractivity contribution is 7.80. The number of hydrogen-bond acceptors (Lipinski definition) is 5. The number of hydrazone groups is 1. The summed E-state index contributed by atoms with van der Waals surface area (Å²) < 4.78 is 5.04. The van der Waals surface area contributed by atoms with Gasteiger partial charge in [-0.25, -0.2) is 4.79 Å². The number of aromatic carboxylic acids is 1. The highest BCUT2D eigenvalue weighted by atomic mass is 32.1. The van der Waals surface area contributed by atoms with Crippen molar-refractivity contribution in [1.82, 2.24) is 5.43 Å². The van der Waals surface area contributed by atoms with Gasteiger partial charge in [-0.3, -0.25) is 5.43 Å². The molecule has 0 saturated heterocycles.